The Balaban J connectivity index is 0.000000531. The molecule has 0 fully saturated rings. The second kappa shape index (κ2) is 4.89. The van der Waals surface area contributed by atoms with Crippen molar-refractivity contribution in [1.82, 2.24) is 19.9 Å². The lowest BCUT2D eigenvalue weighted by Crippen LogP contribution is -2.38. The molecule has 0 aliphatic carbocycles. The van der Waals surface area contributed by atoms with Crippen LogP contribution in [0.15, 0.2) is 0 Å². The zero-order valence-electron chi connectivity index (χ0n) is 9.73. The van der Waals surface area contributed by atoms with Gasteiger partial charge in [-0.3, -0.25) is 4.90 Å². The summed E-state index contributed by atoms with van der Waals surface area (Å²) in [5, 5.41) is 16.5. The van der Waals surface area contributed by atoms with Crippen molar-refractivity contribution in [2.75, 3.05) is 7.05 Å². The van der Waals surface area contributed by atoms with Gasteiger partial charge >= 0.3 is 0 Å². The van der Waals surface area contributed by atoms with Gasteiger partial charge in [-0.25, -0.2) is 4.68 Å². The Hall–Kier alpha value is -1.41. The SMILES string of the molecule is CC.CC1Cn2nnc(C#N)c2CN1C. The Bertz CT molecular complexity index is 362. The molecule has 5 nitrogen and oxygen atoms in total. The molecule has 1 aromatic rings. The Morgan fingerprint density at radius 2 is 2.13 bits per heavy atom. The average Bonchev–Trinajstić information content (AvgIpc) is 2.64. The van der Waals surface area contributed by atoms with E-state index in [1.807, 2.05) is 31.6 Å². The molecule has 1 aromatic heterocycles. The number of hydrogen-bond donors (Lipinski definition) is 0. The Morgan fingerprint density at radius 1 is 1.47 bits per heavy atom. The van der Waals surface area contributed by atoms with Gasteiger partial charge in [-0.1, -0.05) is 19.1 Å². The van der Waals surface area contributed by atoms with Crippen molar-refractivity contribution >= 4 is 0 Å². The van der Waals surface area contributed by atoms with Gasteiger partial charge in [0.2, 0.25) is 0 Å². The van der Waals surface area contributed by atoms with E-state index in [4.69, 9.17) is 5.26 Å². The minimum Gasteiger partial charge on any atom is -0.296 e. The van der Waals surface area contributed by atoms with Gasteiger partial charge < -0.3 is 0 Å². The second-order valence-electron chi connectivity index (χ2n) is 3.44. The van der Waals surface area contributed by atoms with Crippen molar-refractivity contribution in [3.8, 4) is 6.07 Å². The standard InChI is InChI=1S/C8H11N5.C2H6/c1-6-4-13-8(5-12(6)2)7(3-9)10-11-13;1-2/h6H,4-5H2,1-2H3;1-2H3. The first-order valence-electron chi connectivity index (χ1n) is 5.25. The first-order valence-corrected chi connectivity index (χ1v) is 5.25. The van der Waals surface area contributed by atoms with E-state index in [0.717, 1.165) is 18.8 Å². The molecule has 1 atom stereocenters. The van der Waals surface area contributed by atoms with Gasteiger partial charge in [-0.15, -0.1) is 5.10 Å². The predicted molar refractivity (Wildman–Crippen MR) is 57.0 cm³/mol. The Labute approximate surface area is 90.3 Å². The highest BCUT2D eigenvalue weighted by molar-refractivity contribution is 5.25. The Kier molecular flexibility index (Phi) is 3.81. The van der Waals surface area contributed by atoms with E-state index in [2.05, 4.69) is 22.1 Å². The molecule has 0 spiro atoms. The fourth-order valence-corrected chi connectivity index (χ4v) is 1.50. The summed E-state index contributed by atoms with van der Waals surface area (Å²) in [5.41, 5.74) is 1.39. The van der Waals surface area contributed by atoms with Crippen molar-refractivity contribution in [2.24, 2.45) is 0 Å². The molecule has 0 saturated carbocycles. The number of likely N-dealkylation sites (N-methyl/N-ethyl adjacent to an activating group) is 1. The van der Waals surface area contributed by atoms with Gasteiger partial charge in [0.15, 0.2) is 5.69 Å². The van der Waals surface area contributed by atoms with E-state index in [0.29, 0.717) is 11.7 Å². The Morgan fingerprint density at radius 3 is 2.73 bits per heavy atom. The summed E-state index contributed by atoms with van der Waals surface area (Å²) >= 11 is 0. The first-order chi connectivity index (χ1) is 7.22. The van der Waals surface area contributed by atoms with Gasteiger partial charge in [-0.05, 0) is 14.0 Å². The van der Waals surface area contributed by atoms with Crippen LogP contribution in [-0.2, 0) is 13.1 Å². The van der Waals surface area contributed by atoms with E-state index in [1.165, 1.54) is 0 Å². The summed E-state index contributed by atoms with van der Waals surface area (Å²) in [6.07, 6.45) is 0. The zero-order chi connectivity index (χ0) is 11.4. The lowest BCUT2D eigenvalue weighted by molar-refractivity contribution is 0.182. The van der Waals surface area contributed by atoms with E-state index in [1.54, 1.807) is 0 Å². The van der Waals surface area contributed by atoms with Crippen LogP contribution in [0.2, 0.25) is 0 Å². The maximum Gasteiger partial charge on any atom is 0.187 e. The number of rotatable bonds is 0. The van der Waals surface area contributed by atoms with E-state index < -0.39 is 0 Å². The van der Waals surface area contributed by atoms with Crippen LogP contribution in [0.4, 0.5) is 0 Å². The molecule has 0 N–H and O–H groups in total. The molecule has 0 bridgehead atoms. The van der Waals surface area contributed by atoms with Gasteiger partial charge in [0.1, 0.15) is 6.07 Å². The normalized spacial score (nSPS) is 19.8. The number of nitriles is 1. The van der Waals surface area contributed by atoms with Crippen LogP contribution in [0.25, 0.3) is 0 Å². The highest BCUT2D eigenvalue weighted by Crippen LogP contribution is 2.16. The van der Waals surface area contributed by atoms with Crippen LogP contribution in [0.3, 0.4) is 0 Å². The third-order valence-corrected chi connectivity index (χ3v) is 2.53. The summed E-state index contributed by atoms with van der Waals surface area (Å²) < 4.78 is 1.82. The largest absolute Gasteiger partial charge is 0.296 e. The van der Waals surface area contributed by atoms with Gasteiger partial charge in [-0.2, -0.15) is 5.26 Å². The fourth-order valence-electron chi connectivity index (χ4n) is 1.50. The fraction of sp³-hybridized carbons (Fsp3) is 0.700. The quantitative estimate of drug-likeness (QED) is 0.637. The maximum absolute atomic E-state index is 8.75. The predicted octanol–water partition coefficient (Wildman–Crippen LogP) is 1.01. The molecule has 0 saturated heterocycles. The molecule has 0 radical (unpaired) electrons. The topological polar surface area (TPSA) is 57.7 Å². The molecular weight excluding hydrogens is 190 g/mol. The van der Waals surface area contributed by atoms with Gasteiger partial charge in [0.25, 0.3) is 0 Å². The highest BCUT2D eigenvalue weighted by atomic mass is 15.5. The monoisotopic (exact) mass is 207 g/mol. The van der Waals surface area contributed by atoms with Gasteiger partial charge in [0, 0.05) is 12.6 Å². The highest BCUT2D eigenvalue weighted by Gasteiger charge is 2.23. The van der Waals surface area contributed by atoms with Crippen LogP contribution >= 0.6 is 0 Å². The summed E-state index contributed by atoms with van der Waals surface area (Å²) in [4.78, 5) is 2.19. The molecule has 82 valence electrons. The van der Waals surface area contributed by atoms with Crippen molar-refractivity contribution in [2.45, 2.75) is 39.9 Å². The molecule has 0 aromatic carbocycles. The maximum atomic E-state index is 8.75. The molecule has 5 heteroatoms. The molecule has 0 amide bonds. The number of aromatic nitrogens is 3. The molecule has 2 heterocycles. The third-order valence-electron chi connectivity index (χ3n) is 2.53. The van der Waals surface area contributed by atoms with Crippen molar-refractivity contribution in [3.05, 3.63) is 11.4 Å². The lowest BCUT2D eigenvalue weighted by Gasteiger charge is -2.29. The molecule has 2 rings (SSSR count). The summed E-state index contributed by atoms with van der Waals surface area (Å²) in [6.45, 7) is 7.72. The summed E-state index contributed by atoms with van der Waals surface area (Å²) in [6, 6.07) is 2.51. The average molecular weight is 207 g/mol. The number of nitrogens with zero attached hydrogens (tertiary/aromatic N) is 5. The van der Waals surface area contributed by atoms with Crippen LogP contribution in [0.1, 0.15) is 32.2 Å². The summed E-state index contributed by atoms with van der Waals surface area (Å²) in [7, 11) is 2.04. The lowest BCUT2D eigenvalue weighted by atomic mass is 10.2. The molecule has 1 aliphatic heterocycles. The second-order valence-corrected chi connectivity index (χ2v) is 3.44. The smallest absolute Gasteiger partial charge is 0.187 e. The van der Waals surface area contributed by atoms with Crippen LogP contribution in [0, 0.1) is 11.3 Å². The molecule has 1 unspecified atom stereocenters. The first kappa shape index (κ1) is 11.7. The van der Waals surface area contributed by atoms with Crippen molar-refractivity contribution in [1.29, 1.82) is 5.26 Å². The van der Waals surface area contributed by atoms with Crippen LogP contribution in [0.5, 0.6) is 0 Å². The minimum atomic E-state index is 0.457. The number of hydrogen-bond acceptors (Lipinski definition) is 4. The third kappa shape index (κ3) is 2.16. The zero-order valence-corrected chi connectivity index (χ0v) is 9.73. The molecule has 1 aliphatic rings. The van der Waals surface area contributed by atoms with Crippen LogP contribution < -0.4 is 0 Å². The van der Waals surface area contributed by atoms with Crippen molar-refractivity contribution in [3.63, 3.8) is 0 Å². The van der Waals surface area contributed by atoms with Crippen molar-refractivity contribution < 1.29 is 0 Å². The molecular formula is C10H17N5. The minimum absolute atomic E-state index is 0.457. The van der Waals surface area contributed by atoms with E-state index in [9.17, 15) is 0 Å². The molecule has 15 heavy (non-hydrogen) atoms. The van der Waals surface area contributed by atoms with E-state index >= 15 is 0 Å². The van der Waals surface area contributed by atoms with Crippen LogP contribution in [-0.4, -0.2) is 33.0 Å². The van der Waals surface area contributed by atoms with E-state index in [-0.39, 0.29) is 0 Å². The van der Waals surface area contributed by atoms with Gasteiger partial charge in [0.05, 0.1) is 12.2 Å². The summed E-state index contributed by atoms with van der Waals surface area (Å²) in [5.74, 6) is 0. The number of fused-ring (bicyclic) bond motifs is 1.